The standard InChI is InChI=1S/C9H9F2NO/c1-5(9(12)13)7-4-6(10)2-3-8(7)11/h2-5H,1H3,(H2,12,13). The molecule has 0 saturated heterocycles. The van der Waals surface area contributed by atoms with E-state index in [4.69, 9.17) is 5.73 Å². The molecule has 1 aromatic carbocycles. The van der Waals surface area contributed by atoms with E-state index in [9.17, 15) is 13.6 Å². The fraction of sp³-hybridized carbons (Fsp3) is 0.222. The smallest absolute Gasteiger partial charge is 0.224 e. The van der Waals surface area contributed by atoms with Gasteiger partial charge in [-0.2, -0.15) is 0 Å². The van der Waals surface area contributed by atoms with E-state index in [1.807, 2.05) is 0 Å². The molecule has 0 aliphatic heterocycles. The van der Waals surface area contributed by atoms with Crippen molar-refractivity contribution in [2.75, 3.05) is 0 Å². The first-order valence-electron chi connectivity index (χ1n) is 3.76. The molecule has 2 N–H and O–H groups in total. The maximum Gasteiger partial charge on any atom is 0.224 e. The highest BCUT2D eigenvalue weighted by Gasteiger charge is 2.16. The van der Waals surface area contributed by atoms with Crippen molar-refractivity contribution in [1.29, 1.82) is 0 Å². The highest BCUT2D eigenvalue weighted by atomic mass is 19.1. The van der Waals surface area contributed by atoms with Crippen LogP contribution in [0.5, 0.6) is 0 Å². The van der Waals surface area contributed by atoms with Gasteiger partial charge in [-0.15, -0.1) is 0 Å². The molecule has 1 amide bonds. The van der Waals surface area contributed by atoms with Crippen molar-refractivity contribution >= 4 is 5.91 Å². The summed E-state index contributed by atoms with van der Waals surface area (Å²) in [5.74, 6) is -2.68. The molecule has 1 atom stereocenters. The van der Waals surface area contributed by atoms with Gasteiger partial charge in [0.05, 0.1) is 5.92 Å². The second-order valence-corrected chi connectivity index (χ2v) is 2.79. The second-order valence-electron chi connectivity index (χ2n) is 2.79. The first-order valence-corrected chi connectivity index (χ1v) is 3.76. The van der Waals surface area contributed by atoms with Crippen molar-refractivity contribution in [2.45, 2.75) is 12.8 Å². The fourth-order valence-corrected chi connectivity index (χ4v) is 1.000. The zero-order chi connectivity index (χ0) is 10.0. The van der Waals surface area contributed by atoms with Gasteiger partial charge in [0.15, 0.2) is 0 Å². The summed E-state index contributed by atoms with van der Waals surface area (Å²) in [6.07, 6.45) is 0. The van der Waals surface area contributed by atoms with Crippen molar-refractivity contribution in [3.05, 3.63) is 35.4 Å². The predicted octanol–water partition coefficient (Wildman–Crippen LogP) is 1.55. The molecule has 0 saturated carbocycles. The third-order valence-corrected chi connectivity index (χ3v) is 1.85. The van der Waals surface area contributed by atoms with E-state index in [0.717, 1.165) is 18.2 Å². The Bertz CT molecular complexity index is 338. The van der Waals surface area contributed by atoms with Crippen LogP contribution in [0.15, 0.2) is 18.2 Å². The summed E-state index contributed by atoms with van der Waals surface area (Å²) >= 11 is 0. The minimum Gasteiger partial charge on any atom is -0.369 e. The quantitative estimate of drug-likeness (QED) is 0.746. The topological polar surface area (TPSA) is 43.1 Å². The molecule has 0 fully saturated rings. The highest BCUT2D eigenvalue weighted by molar-refractivity contribution is 5.81. The number of nitrogens with two attached hydrogens (primary N) is 1. The van der Waals surface area contributed by atoms with Crippen LogP contribution in [-0.2, 0) is 4.79 Å². The van der Waals surface area contributed by atoms with E-state index < -0.39 is 23.5 Å². The SMILES string of the molecule is CC(C(N)=O)c1cc(F)ccc1F. The number of carbonyl (C=O) groups excluding carboxylic acids is 1. The van der Waals surface area contributed by atoms with Gasteiger partial charge in [-0.3, -0.25) is 4.79 Å². The number of hydrogen-bond acceptors (Lipinski definition) is 1. The Morgan fingerprint density at radius 2 is 2.08 bits per heavy atom. The van der Waals surface area contributed by atoms with E-state index in [1.54, 1.807) is 0 Å². The van der Waals surface area contributed by atoms with Crippen molar-refractivity contribution in [3.63, 3.8) is 0 Å². The van der Waals surface area contributed by atoms with Gasteiger partial charge in [0.25, 0.3) is 0 Å². The Morgan fingerprint density at radius 3 is 2.62 bits per heavy atom. The summed E-state index contributed by atoms with van der Waals surface area (Å²) in [5.41, 5.74) is 4.95. The van der Waals surface area contributed by atoms with Crippen molar-refractivity contribution in [2.24, 2.45) is 5.73 Å². The molecule has 0 heterocycles. The predicted molar refractivity (Wildman–Crippen MR) is 44.0 cm³/mol. The van der Waals surface area contributed by atoms with Gasteiger partial charge < -0.3 is 5.73 Å². The number of halogens is 2. The summed E-state index contributed by atoms with van der Waals surface area (Å²) in [6.45, 7) is 1.43. The Balaban J connectivity index is 3.12. The third-order valence-electron chi connectivity index (χ3n) is 1.85. The molecule has 0 radical (unpaired) electrons. The molecule has 4 heteroatoms. The fourth-order valence-electron chi connectivity index (χ4n) is 1.000. The van der Waals surface area contributed by atoms with E-state index in [0.29, 0.717) is 0 Å². The molecule has 0 aliphatic carbocycles. The summed E-state index contributed by atoms with van der Waals surface area (Å²) in [7, 11) is 0. The summed E-state index contributed by atoms with van der Waals surface area (Å²) in [6, 6.07) is 2.95. The van der Waals surface area contributed by atoms with Crippen molar-refractivity contribution in [1.82, 2.24) is 0 Å². The van der Waals surface area contributed by atoms with Crippen LogP contribution in [0.25, 0.3) is 0 Å². The highest BCUT2D eigenvalue weighted by Crippen LogP contribution is 2.19. The van der Waals surface area contributed by atoms with Crippen LogP contribution in [0.3, 0.4) is 0 Å². The average Bonchev–Trinajstić information content (AvgIpc) is 2.08. The van der Waals surface area contributed by atoms with Gasteiger partial charge in [0.2, 0.25) is 5.91 Å². The second kappa shape index (κ2) is 3.51. The van der Waals surface area contributed by atoms with E-state index >= 15 is 0 Å². The largest absolute Gasteiger partial charge is 0.369 e. The molecule has 0 spiro atoms. The molecular weight excluding hydrogens is 176 g/mol. The first kappa shape index (κ1) is 9.64. The molecule has 0 aromatic heterocycles. The van der Waals surface area contributed by atoms with Gasteiger partial charge in [-0.1, -0.05) is 0 Å². The Hall–Kier alpha value is -1.45. The van der Waals surface area contributed by atoms with Crippen LogP contribution in [0.2, 0.25) is 0 Å². The number of carbonyl (C=O) groups is 1. The molecule has 13 heavy (non-hydrogen) atoms. The minimum absolute atomic E-state index is 0.00694. The summed E-state index contributed by atoms with van der Waals surface area (Å²) in [5, 5.41) is 0. The third kappa shape index (κ3) is 2.02. The lowest BCUT2D eigenvalue weighted by Gasteiger charge is -2.08. The maximum atomic E-state index is 13.0. The molecule has 0 aliphatic rings. The molecule has 2 nitrogen and oxygen atoms in total. The monoisotopic (exact) mass is 185 g/mol. The molecular formula is C9H9F2NO. The first-order chi connectivity index (χ1) is 6.02. The number of amides is 1. The normalized spacial score (nSPS) is 12.5. The molecule has 1 rings (SSSR count). The summed E-state index contributed by atoms with van der Waals surface area (Å²) in [4.78, 5) is 10.7. The Labute approximate surface area is 74.4 Å². The molecule has 0 bridgehead atoms. The van der Waals surface area contributed by atoms with Gasteiger partial charge in [-0.05, 0) is 25.1 Å². The molecule has 70 valence electrons. The zero-order valence-electron chi connectivity index (χ0n) is 7.05. The van der Waals surface area contributed by atoms with E-state index in [-0.39, 0.29) is 5.56 Å². The maximum absolute atomic E-state index is 13.0. The van der Waals surface area contributed by atoms with E-state index in [2.05, 4.69) is 0 Å². The van der Waals surface area contributed by atoms with Crippen molar-refractivity contribution in [3.8, 4) is 0 Å². The van der Waals surface area contributed by atoms with Crippen LogP contribution >= 0.6 is 0 Å². The summed E-state index contributed by atoms with van der Waals surface area (Å²) < 4.78 is 25.7. The number of hydrogen-bond donors (Lipinski definition) is 1. The van der Waals surface area contributed by atoms with Crippen LogP contribution in [0.1, 0.15) is 18.4 Å². The van der Waals surface area contributed by atoms with Gasteiger partial charge in [0.1, 0.15) is 11.6 Å². The van der Waals surface area contributed by atoms with Crippen LogP contribution in [0, 0.1) is 11.6 Å². The number of benzene rings is 1. The number of primary amides is 1. The van der Waals surface area contributed by atoms with Gasteiger partial charge in [-0.25, -0.2) is 8.78 Å². The zero-order valence-corrected chi connectivity index (χ0v) is 7.05. The van der Waals surface area contributed by atoms with Crippen LogP contribution in [0.4, 0.5) is 8.78 Å². The Morgan fingerprint density at radius 1 is 1.46 bits per heavy atom. The van der Waals surface area contributed by atoms with Crippen LogP contribution in [-0.4, -0.2) is 5.91 Å². The lowest BCUT2D eigenvalue weighted by molar-refractivity contribution is -0.119. The van der Waals surface area contributed by atoms with Crippen LogP contribution < -0.4 is 5.73 Å². The van der Waals surface area contributed by atoms with Gasteiger partial charge >= 0.3 is 0 Å². The van der Waals surface area contributed by atoms with Gasteiger partial charge in [0, 0.05) is 5.56 Å². The lowest BCUT2D eigenvalue weighted by atomic mass is 10.00. The lowest BCUT2D eigenvalue weighted by Crippen LogP contribution is -2.19. The Kier molecular flexibility index (Phi) is 2.60. The average molecular weight is 185 g/mol. The number of rotatable bonds is 2. The van der Waals surface area contributed by atoms with E-state index in [1.165, 1.54) is 6.92 Å². The van der Waals surface area contributed by atoms with Crippen molar-refractivity contribution < 1.29 is 13.6 Å². The molecule has 1 unspecified atom stereocenters. The minimum atomic E-state index is -0.810. The molecule has 1 aromatic rings.